The summed E-state index contributed by atoms with van der Waals surface area (Å²) in [6, 6.07) is 5.06. The maximum absolute atomic E-state index is 9.45. The second-order valence-electron chi connectivity index (χ2n) is 4.76. The van der Waals surface area contributed by atoms with Gasteiger partial charge in [0.1, 0.15) is 0 Å². The van der Waals surface area contributed by atoms with Crippen molar-refractivity contribution >= 4 is 0 Å². The summed E-state index contributed by atoms with van der Waals surface area (Å²) in [6.45, 7) is 5.22. The van der Waals surface area contributed by atoms with Crippen molar-refractivity contribution in [3.8, 4) is 11.5 Å². The molecule has 1 aliphatic heterocycles. The van der Waals surface area contributed by atoms with Crippen LogP contribution in [0.3, 0.4) is 0 Å². The molecule has 1 saturated heterocycles. The first kappa shape index (κ1) is 12.2. The van der Waals surface area contributed by atoms with Crippen LogP contribution in [0.15, 0.2) is 18.2 Å². The molecular formula is C13H20N2O2. The highest BCUT2D eigenvalue weighted by Gasteiger charge is 2.12. The molecule has 0 amide bonds. The molecule has 1 aromatic carbocycles. The summed E-state index contributed by atoms with van der Waals surface area (Å²) in [7, 11) is 2.15. The summed E-state index contributed by atoms with van der Waals surface area (Å²) in [6.07, 6.45) is 1.18. The number of likely N-dealkylation sites (N-methyl/N-ethyl adjacent to an activating group) is 1. The van der Waals surface area contributed by atoms with Gasteiger partial charge >= 0.3 is 0 Å². The number of aromatic hydroxyl groups is 2. The topological polar surface area (TPSA) is 46.9 Å². The molecule has 0 spiro atoms. The first-order valence-electron chi connectivity index (χ1n) is 6.07. The van der Waals surface area contributed by atoms with Crippen LogP contribution in [0.4, 0.5) is 0 Å². The average molecular weight is 236 g/mol. The zero-order chi connectivity index (χ0) is 12.3. The van der Waals surface area contributed by atoms with E-state index in [1.165, 1.54) is 6.42 Å². The van der Waals surface area contributed by atoms with Crippen molar-refractivity contribution in [3.05, 3.63) is 23.8 Å². The van der Waals surface area contributed by atoms with Crippen LogP contribution in [-0.2, 0) is 6.54 Å². The maximum Gasteiger partial charge on any atom is 0.157 e. The Hall–Kier alpha value is -1.26. The Kier molecular flexibility index (Phi) is 3.86. The third kappa shape index (κ3) is 3.35. The molecule has 2 N–H and O–H groups in total. The van der Waals surface area contributed by atoms with Gasteiger partial charge in [-0.2, -0.15) is 0 Å². The van der Waals surface area contributed by atoms with E-state index in [0.29, 0.717) is 0 Å². The zero-order valence-electron chi connectivity index (χ0n) is 10.3. The smallest absolute Gasteiger partial charge is 0.157 e. The minimum absolute atomic E-state index is 0.0329. The molecule has 1 fully saturated rings. The fourth-order valence-electron chi connectivity index (χ4n) is 2.18. The van der Waals surface area contributed by atoms with E-state index in [2.05, 4.69) is 16.8 Å². The van der Waals surface area contributed by atoms with Crippen LogP contribution in [0.5, 0.6) is 11.5 Å². The van der Waals surface area contributed by atoms with Crippen LogP contribution in [0, 0.1) is 0 Å². The largest absolute Gasteiger partial charge is 0.504 e. The van der Waals surface area contributed by atoms with E-state index in [4.69, 9.17) is 0 Å². The van der Waals surface area contributed by atoms with Gasteiger partial charge in [0, 0.05) is 19.6 Å². The van der Waals surface area contributed by atoms with Crippen molar-refractivity contribution in [1.29, 1.82) is 0 Å². The SMILES string of the molecule is CN1CCCN(Cc2ccc(O)c(O)c2)CC1. The summed E-state index contributed by atoms with van der Waals surface area (Å²) in [5, 5.41) is 18.7. The second-order valence-corrected chi connectivity index (χ2v) is 4.76. The van der Waals surface area contributed by atoms with E-state index < -0.39 is 0 Å². The number of hydrogen-bond donors (Lipinski definition) is 2. The molecule has 4 nitrogen and oxygen atoms in total. The van der Waals surface area contributed by atoms with Gasteiger partial charge in [-0.05, 0) is 44.3 Å². The number of phenolic OH excluding ortho intramolecular Hbond substituents is 2. The van der Waals surface area contributed by atoms with Gasteiger partial charge in [-0.15, -0.1) is 0 Å². The number of nitrogens with zero attached hydrogens (tertiary/aromatic N) is 2. The first-order valence-corrected chi connectivity index (χ1v) is 6.07. The van der Waals surface area contributed by atoms with Crippen LogP contribution >= 0.6 is 0 Å². The Morgan fingerprint density at radius 2 is 1.88 bits per heavy atom. The maximum atomic E-state index is 9.45. The molecule has 2 rings (SSSR count). The lowest BCUT2D eigenvalue weighted by molar-refractivity contribution is 0.269. The molecule has 17 heavy (non-hydrogen) atoms. The summed E-state index contributed by atoms with van der Waals surface area (Å²) in [5.74, 6) is -0.0845. The van der Waals surface area contributed by atoms with Gasteiger partial charge in [0.2, 0.25) is 0 Å². The molecule has 0 saturated carbocycles. The summed E-state index contributed by atoms with van der Waals surface area (Å²) >= 11 is 0. The van der Waals surface area contributed by atoms with Crippen LogP contribution in [-0.4, -0.2) is 53.2 Å². The highest BCUT2D eigenvalue weighted by atomic mass is 16.3. The molecule has 1 heterocycles. The number of rotatable bonds is 2. The summed E-state index contributed by atoms with van der Waals surface area (Å²) in [5.41, 5.74) is 1.05. The minimum atomic E-state index is -0.0515. The van der Waals surface area contributed by atoms with Gasteiger partial charge in [0.05, 0.1) is 0 Å². The Morgan fingerprint density at radius 1 is 1.06 bits per heavy atom. The molecule has 0 radical (unpaired) electrons. The van der Waals surface area contributed by atoms with Crippen molar-refractivity contribution in [1.82, 2.24) is 9.80 Å². The Balaban J connectivity index is 1.97. The molecule has 0 bridgehead atoms. The quantitative estimate of drug-likeness (QED) is 0.758. The second kappa shape index (κ2) is 5.38. The monoisotopic (exact) mass is 236 g/mol. The Labute approximate surface area is 102 Å². The van der Waals surface area contributed by atoms with E-state index in [1.54, 1.807) is 12.1 Å². The van der Waals surface area contributed by atoms with E-state index in [0.717, 1.165) is 38.3 Å². The van der Waals surface area contributed by atoms with Gasteiger partial charge in [-0.25, -0.2) is 0 Å². The van der Waals surface area contributed by atoms with Gasteiger partial charge in [0.15, 0.2) is 11.5 Å². The summed E-state index contributed by atoms with van der Waals surface area (Å²) < 4.78 is 0. The normalized spacial score (nSPS) is 19.1. The Morgan fingerprint density at radius 3 is 2.65 bits per heavy atom. The number of hydrogen-bond acceptors (Lipinski definition) is 4. The Bertz CT molecular complexity index is 382. The molecule has 0 aliphatic carbocycles. The molecule has 0 aromatic heterocycles. The van der Waals surface area contributed by atoms with Crippen molar-refractivity contribution in [2.75, 3.05) is 33.2 Å². The van der Waals surface area contributed by atoms with Crippen LogP contribution in [0.1, 0.15) is 12.0 Å². The van der Waals surface area contributed by atoms with Gasteiger partial charge in [0.25, 0.3) is 0 Å². The number of phenols is 2. The van der Waals surface area contributed by atoms with E-state index in [-0.39, 0.29) is 11.5 Å². The van der Waals surface area contributed by atoms with Crippen LogP contribution < -0.4 is 0 Å². The highest BCUT2D eigenvalue weighted by Crippen LogP contribution is 2.25. The molecule has 94 valence electrons. The van der Waals surface area contributed by atoms with E-state index in [9.17, 15) is 10.2 Å². The van der Waals surface area contributed by atoms with Gasteiger partial charge < -0.3 is 15.1 Å². The zero-order valence-corrected chi connectivity index (χ0v) is 10.3. The average Bonchev–Trinajstić information content (AvgIpc) is 2.49. The molecule has 0 atom stereocenters. The predicted molar refractivity (Wildman–Crippen MR) is 67.2 cm³/mol. The first-order chi connectivity index (χ1) is 8.15. The fraction of sp³-hybridized carbons (Fsp3) is 0.538. The predicted octanol–water partition coefficient (Wildman–Crippen LogP) is 1.24. The molecule has 0 unspecified atom stereocenters. The highest BCUT2D eigenvalue weighted by molar-refractivity contribution is 5.40. The van der Waals surface area contributed by atoms with Gasteiger partial charge in [-0.1, -0.05) is 6.07 Å². The molecule has 4 heteroatoms. The lowest BCUT2D eigenvalue weighted by atomic mass is 10.2. The third-order valence-electron chi connectivity index (χ3n) is 3.26. The van der Waals surface area contributed by atoms with Crippen LogP contribution in [0.25, 0.3) is 0 Å². The van der Waals surface area contributed by atoms with Gasteiger partial charge in [-0.3, -0.25) is 4.90 Å². The third-order valence-corrected chi connectivity index (χ3v) is 3.26. The van der Waals surface area contributed by atoms with Crippen molar-refractivity contribution < 1.29 is 10.2 Å². The molecule has 1 aliphatic rings. The lowest BCUT2D eigenvalue weighted by Crippen LogP contribution is -2.28. The van der Waals surface area contributed by atoms with Crippen molar-refractivity contribution in [2.24, 2.45) is 0 Å². The van der Waals surface area contributed by atoms with Crippen molar-refractivity contribution in [3.63, 3.8) is 0 Å². The number of benzene rings is 1. The minimum Gasteiger partial charge on any atom is -0.504 e. The molecular weight excluding hydrogens is 216 g/mol. The summed E-state index contributed by atoms with van der Waals surface area (Å²) in [4.78, 5) is 4.73. The van der Waals surface area contributed by atoms with Crippen molar-refractivity contribution in [2.45, 2.75) is 13.0 Å². The fourth-order valence-corrected chi connectivity index (χ4v) is 2.18. The standard InChI is InChI=1S/C13H20N2O2/c1-14-5-2-6-15(8-7-14)10-11-3-4-12(16)13(17)9-11/h3-4,9,16-17H,2,5-8,10H2,1H3. The van der Waals surface area contributed by atoms with Crippen LogP contribution in [0.2, 0.25) is 0 Å². The van der Waals surface area contributed by atoms with E-state index in [1.807, 2.05) is 6.07 Å². The van der Waals surface area contributed by atoms with E-state index >= 15 is 0 Å². The lowest BCUT2D eigenvalue weighted by Gasteiger charge is -2.20. The molecule has 1 aromatic rings.